The number of hydrogen-bond acceptors (Lipinski definition) is 3. The van der Waals surface area contributed by atoms with Gasteiger partial charge in [-0.3, -0.25) is 4.90 Å². The molecular formula is C28H29BrF2N2O2S. The van der Waals surface area contributed by atoms with Gasteiger partial charge in [0.25, 0.3) is 0 Å². The predicted octanol–water partition coefficient (Wildman–Crippen LogP) is 3.47. The largest absolute Gasteiger partial charge is 1.00 e. The normalized spacial score (nSPS) is 22.5. The highest BCUT2D eigenvalue weighted by Crippen LogP contribution is 2.38. The highest BCUT2D eigenvalue weighted by molar-refractivity contribution is 7.99. The number of thioether (sulfide) groups is 1. The number of quaternary nitrogens is 1. The average molecular weight is 576 g/mol. The molecule has 6 rings (SSSR count). The highest BCUT2D eigenvalue weighted by atomic mass is 79.9. The number of anilines is 1. The monoisotopic (exact) mass is 574 g/mol. The lowest BCUT2D eigenvalue weighted by Gasteiger charge is -2.51. The maximum Gasteiger partial charge on any atom is 0.415 e. The fourth-order valence-corrected chi connectivity index (χ4v) is 6.28. The van der Waals surface area contributed by atoms with E-state index in [0.29, 0.717) is 11.5 Å². The number of halogens is 3. The van der Waals surface area contributed by atoms with E-state index in [0.717, 1.165) is 42.8 Å². The van der Waals surface area contributed by atoms with Crippen LogP contribution in [0, 0.1) is 17.6 Å². The summed E-state index contributed by atoms with van der Waals surface area (Å²) in [4.78, 5) is 16.0. The number of hydrogen-bond donors (Lipinski definition) is 0. The van der Waals surface area contributed by atoms with E-state index in [1.54, 1.807) is 30.3 Å². The molecular weight excluding hydrogens is 546 g/mol. The minimum Gasteiger partial charge on any atom is -1.00 e. The third-order valence-electron chi connectivity index (χ3n) is 7.16. The van der Waals surface area contributed by atoms with E-state index in [1.807, 2.05) is 30.0 Å². The number of ether oxygens (including phenoxy) is 1. The van der Waals surface area contributed by atoms with Crippen LogP contribution in [0.4, 0.5) is 19.3 Å². The molecule has 4 nitrogen and oxygen atoms in total. The van der Waals surface area contributed by atoms with Gasteiger partial charge in [-0.2, -0.15) is 0 Å². The molecule has 3 heterocycles. The summed E-state index contributed by atoms with van der Waals surface area (Å²) in [6.45, 7) is 3.05. The standard InChI is InChI=1S/C28H29F2N2O2S.BrH/c29-23-12-10-21(11-13-23)18-31(26-9-5-4-8-25(26)30)28(33)34-27-19-32(16-14-22(27)15-17-32)20-35-24-6-2-1-3-7-24;/h1-13,22,27H,14-20H2;1H/q+1;/p-1/t22?,27-,32?;/m0./s1. The van der Waals surface area contributed by atoms with Crippen molar-refractivity contribution in [3.63, 3.8) is 0 Å². The van der Waals surface area contributed by atoms with Gasteiger partial charge in [0.1, 0.15) is 24.1 Å². The Morgan fingerprint density at radius 1 is 0.944 bits per heavy atom. The Bertz CT molecular complexity index is 1160. The third kappa shape index (κ3) is 6.10. The van der Waals surface area contributed by atoms with Crippen molar-refractivity contribution in [3.05, 3.63) is 96.1 Å². The fraction of sp³-hybridized carbons (Fsp3) is 0.321. The molecule has 2 bridgehead atoms. The lowest BCUT2D eigenvalue weighted by atomic mass is 9.84. The number of amides is 1. The summed E-state index contributed by atoms with van der Waals surface area (Å²) in [5, 5.41) is 0. The maximum absolute atomic E-state index is 14.7. The molecule has 3 aliphatic rings. The van der Waals surface area contributed by atoms with Crippen LogP contribution in [0.2, 0.25) is 0 Å². The molecule has 3 aliphatic heterocycles. The van der Waals surface area contributed by atoms with Crippen molar-refractivity contribution >= 4 is 23.5 Å². The Labute approximate surface area is 225 Å². The minimum absolute atomic E-state index is 0. The number of nitrogens with zero attached hydrogens (tertiary/aromatic N) is 2. The molecule has 1 amide bonds. The molecule has 3 saturated heterocycles. The van der Waals surface area contributed by atoms with Gasteiger partial charge in [-0.1, -0.05) is 54.2 Å². The maximum atomic E-state index is 14.7. The summed E-state index contributed by atoms with van der Waals surface area (Å²) >= 11 is 1.85. The molecule has 36 heavy (non-hydrogen) atoms. The molecule has 190 valence electrons. The lowest BCUT2D eigenvalue weighted by molar-refractivity contribution is -0.934. The summed E-state index contributed by atoms with van der Waals surface area (Å²) in [5.41, 5.74) is 0.856. The van der Waals surface area contributed by atoms with Crippen LogP contribution in [0.3, 0.4) is 0 Å². The molecule has 3 aromatic carbocycles. The quantitative estimate of drug-likeness (QED) is 0.320. The smallest absolute Gasteiger partial charge is 0.415 e. The first-order valence-corrected chi connectivity index (χ1v) is 13.0. The second-order valence-electron chi connectivity index (χ2n) is 9.48. The Hall–Kier alpha value is -2.42. The van der Waals surface area contributed by atoms with Gasteiger partial charge in [0.15, 0.2) is 6.10 Å². The Morgan fingerprint density at radius 2 is 1.61 bits per heavy atom. The van der Waals surface area contributed by atoms with Crippen LogP contribution in [0.5, 0.6) is 0 Å². The molecule has 0 unspecified atom stereocenters. The van der Waals surface area contributed by atoms with Crippen LogP contribution in [-0.4, -0.2) is 42.2 Å². The number of piperidine rings is 3. The zero-order valence-electron chi connectivity index (χ0n) is 19.9. The van der Waals surface area contributed by atoms with Crippen molar-refractivity contribution in [2.24, 2.45) is 5.92 Å². The van der Waals surface area contributed by atoms with Gasteiger partial charge in [0.05, 0.1) is 25.3 Å². The van der Waals surface area contributed by atoms with Gasteiger partial charge >= 0.3 is 6.09 Å². The van der Waals surface area contributed by atoms with E-state index in [-0.39, 0.29) is 41.1 Å². The summed E-state index contributed by atoms with van der Waals surface area (Å²) < 4.78 is 35.1. The van der Waals surface area contributed by atoms with E-state index < -0.39 is 11.9 Å². The van der Waals surface area contributed by atoms with Crippen LogP contribution in [0.25, 0.3) is 0 Å². The molecule has 0 aromatic heterocycles. The summed E-state index contributed by atoms with van der Waals surface area (Å²) in [5.74, 6) is 0.415. The van der Waals surface area contributed by atoms with Crippen LogP contribution in [0.15, 0.2) is 83.8 Å². The number of carbonyl (C=O) groups excluding carboxylic acids is 1. The Morgan fingerprint density at radius 3 is 2.31 bits per heavy atom. The van der Waals surface area contributed by atoms with Crippen molar-refractivity contribution in [1.82, 2.24) is 0 Å². The van der Waals surface area contributed by atoms with Gasteiger partial charge in [0, 0.05) is 23.7 Å². The summed E-state index contributed by atoms with van der Waals surface area (Å²) in [7, 11) is 0. The highest BCUT2D eigenvalue weighted by Gasteiger charge is 2.48. The van der Waals surface area contributed by atoms with Crippen molar-refractivity contribution in [3.8, 4) is 0 Å². The van der Waals surface area contributed by atoms with Gasteiger partial charge in [-0.25, -0.2) is 13.6 Å². The molecule has 8 heteroatoms. The first-order chi connectivity index (χ1) is 17.0. The SMILES string of the molecule is O=C(O[C@H]1C[N+]2(CSc3ccccc3)CCC1CC2)N(Cc1ccc(F)cc1)c1ccccc1F.[Br-]. The van der Waals surface area contributed by atoms with Crippen LogP contribution in [0.1, 0.15) is 18.4 Å². The number of benzene rings is 3. The number of rotatable bonds is 7. The second kappa shape index (κ2) is 11.8. The van der Waals surface area contributed by atoms with Gasteiger partial charge in [-0.05, 0) is 42.0 Å². The van der Waals surface area contributed by atoms with Crippen molar-refractivity contribution in [2.75, 3.05) is 30.4 Å². The van der Waals surface area contributed by atoms with E-state index >= 15 is 0 Å². The topological polar surface area (TPSA) is 29.5 Å². The fourth-order valence-electron chi connectivity index (χ4n) is 5.15. The first-order valence-electron chi connectivity index (χ1n) is 12.0. The molecule has 3 aromatic rings. The predicted molar refractivity (Wildman–Crippen MR) is 134 cm³/mol. The molecule has 3 fully saturated rings. The van der Waals surface area contributed by atoms with E-state index in [2.05, 4.69) is 12.1 Å². The van der Waals surface area contributed by atoms with E-state index in [4.69, 9.17) is 4.74 Å². The van der Waals surface area contributed by atoms with Crippen LogP contribution < -0.4 is 21.9 Å². The van der Waals surface area contributed by atoms with E-state index in [1.165, 1.54) is 28.0 Å². The van der Waals surface area contributed by atoms with Crippen LogP contribution in [-0.2, 0) is 11.3 Å². The number of para-hydroxylation sites is 1. The Kier molecular flexibility index (Phi) is 8.70. The van der Waals surface area contributed by atoms with E-state index in [9.17, 15) is 13.6 Å². The molecule has 0 N–H and O–H groups in total. The van der Waals surface area contributed by atoms with Crippen molar-refractivity contribution < 1.29 is 39.8 Å². The summed E-state index contributed by atoms with van der Waals surface area (Å²) in [6.07, 6.45) is 1.27. The average Bonchev–Trinajstić information content (AvgIpc) is 2.89. The zero-order valence-corrected chi connectivity index (χ0v) is 22.3. The molecule has 0 aliphatic carbocycles. The zero-order chi connectivity index (χ0) is 24.3. The van der Waals surface area contributed by atoms with Gasteiger partial charge in [0.2, 0.25) is 0 Å². The van der Waals surface area contributed by atoms with Crippen LogP contribution >= 0.6 is 11.8 Å². The number of carbonyl (C=O) groups is 1. The lowest BCUT2D eigenvalue weighted by Crippen LogP contribution is -3.00. The third-order valence-corrected chi connectivity index (χ3v) is 8.44. The molecule has 1 atom stereocenters. The molecule has 0 radical (unpaired) electrons. The van der Waals surface area contributed by atoms with Gasteiger partial charge < -0.3 is 26.2 Å². The van der Waals surface area contributed by atoms with Gasteiger partial charge in [-0.15, -0.1) is 0 Å². The van der Waals surface area contributed by atoms with Crippen molar-refractivity contribution in [1.29, 1.82) is 0 Å². The van der Waals surface area contributed by atoms with Crippen molar-refractivity contribution in [2.45, 2.75) is 30.4 Å². The minimum atomic E-state index is -0.563. The molecule has 0 spiro atoms. The first kappa shape index (κ1) is 26.6. The molecule has 0 saturated carbocycles. The second-order valence-corrected chi connectivity index (χ2v) is 10.5. The number of fused-ring (bicyclic) bond motifs is 3. The summed E-state index contributed by atoms with van der Waals surface area (Å²) in [6, 6.07) is 22.4. The Balaban J connectivity index is 0.00000304.